The first kappa shape index (κ1) is 22.8. The molecule has 2 aliphatic heterocycles. The minimum atomic E-state index is -0.336. The van der Waals surface area contributed by atoms with Crippen molar-refractivity contribution in [3.05, 3.63) is 71.8 Å². The first-order valence-electron chi connectivity index (χ1n) is 11.6. The fourth-order valence-electron chi connectivity index (χ4n) is 4.53. The number of benzene rings is 2. The van der Waals surface area contributed by atoms with Gasteiger partial charge in [-0.3, -0.25) is 9.59 Å². The van der Waals surface area contributed by atoms with E-state index in [1.165, 1.54) is 0 Å². The lowest BCUT2D eigenvalue weighted by Crippen LogP contribution is -2.48. The molecular weight excluding hydrogens is 418 g/mol. The van der Waals surface area contributed by atoms with Gasteiger partial charge in [-0.25, -0.2) is 4.79 Å². The van der Waals surface area contributed by atoms with E-state index in [4.69, 9.17) is 4.74 Å². The minimum absolute atomic E-state index is 0.00590. The number of hydrogen-bond acceptors (Lipinski definition) is 4. The molecule has 7 nitrogen and oxygen atoms in total. The Morgan fingerprint density at radius 2 is 1.67 bits per heavy atom. The van der Waals surface area contributed by atoms with Gasteiger partial charge in [0.2, 0.25) is 11.8 Å². The number of likely N-dealkylation sites (tertiary alicyclic amines) is 2. The Kier molecular flexibility index (Phi) is 7.27. The van der Waals surface area contributed by atoms with E-state index in [-0.39, 0.29) is 48.9 Å². The van der Waals surface area contributed by atoms with Crippen LogP contribution in [0.1, 0.15) is 43.4 Å². The van der Waals surface area contributed by atoms with Crippen LogP contribution in [0.5, 0.6) is 0 Å². The summed E-state index contributed by atoms with van der Waals surface area (Å²) in [5, 5.41) is 3.10. The summed E-state index contributed by atoms with van der Waals surface area (Å²) in [5.41, 5.74) is 2.02. The Morgan fingerprint density at radius 1 is 1.03 bits per heavy atom. The molecule has 0 aliphatic carbocycles. The molecule has 1 N–H and O–H groups in total. The number of carbonyl (C=O) groups is 3. The third kappa shape index (κ3) is 5.72. The second kappa shape index (κ2) is 10.5. The van der Waals surface area contributed by atoms with Crippen LogP contribution in [0.2, 0.25) is 0 Å². The molecule has 2 atom stereocenters. The maximum absolute atomic E-state index is 12.8. The van der Waals surface area contributed by atoms with Crippen LogP contribution < -0.4 is 5.32 Å². The van der Waals surface area contributed by atoms with Crippen LogP contribution in [0.25, 0.3) is 0 Å². The maximum Gasteiger partial charge on any atom is 0.410 e. The SMILES string of the molecule is CC(c1ccccc1)N1CC(C(=O)NC2CCN(C(=O)OCc3ccccc3)CC2)CC1=O. The highest BCUT2D eigenvalue weighted by molar-refractivity contribution is 5.89. The van der Waals surface area contributed by atoms with E-state index in [0.717, 1.165) is 11.1 Å². The number of nitrogens with one attached hydrogen (secondary N) is 1. The Bertz CT molecular complexity index is 958. The molecule has 0 bridgehead atoms. The van der Waals surface area contributed by atoms with Gasteiger partial charge in [0.25, 0.3) is 0 Å². The molecule has 2 aromatic carbocycles. The Balaban J connectivity index is 1.21. The van der Waals surface area contributed by atoms with Crippen molar-refractivity contribution in [3.8, 4) is 0 Å². The van der Waals surface area contributed by atoms with Crippen molar-refractivity contribution in [1.82, 2.24) is 15.1 Å². The van der Waals surface area contributed by atoms with Gasteiger partial charge in [0.15, 0.2) is 0 Å². The zero-order chi connectivity index (χ0) is 23.2. The van der Waals surface area contributed by atoms with Gasteiger partial charge in [0.1, 0.15) is 6.61 Å². The highest BCUT2D eigenvalue weighted by Gasteiger charge is 2.38. The average Bonchev–Trinajstić information content (AvgIpc) is 3.25. The molecule has 0 aromatic heterocycles. The van der Waals surface area contributed by atoms with Crippen molar-refractivity contribution in [3.63, 3.8) is 0 Å². The lowest BCUT2D eigenvalue weighted by molar-refractivity contribution is -0.130. The van der Waals surface area contributed by atoms with Crippen molar-refractivity contribution in [2.75, 3.05) is 19.6 Å². The third-order valence-electron chi connectivity index (χ3n) is 6.58. The molecule has 0 saturated carbocycles. The van der Waals surface area contributed by atoms with Crippen LogP contribution >= 0.6 is 0 Å². The first-order chi connectivity index (χ1) is 16.0. The van der Waals surface area contributed by atoms with E-state index >= 15 is 0 Å². The maximum atomic E-state index is 12.8. The number of nitrogens with zero attached hydrogens (tertiary/aromatic N) is 2. The van der Waals surface area contributed by atoms with Crippen molar-refractivity contribution in [2.24, 2.45) is 5.92 Å². The predicted molar refractivity (Wildman–Crippen MR) is 124 cm³/mol. The molecule has 2 saturated heterocycles. The minimum Gasteiger partial charge on any atom is -0.445 e. The van der Waals surface area contributed by atoms with Gasteiger partial charge >= 0.3 is 6.09 Å². The van der Waals surface area contributed by atoms with E-state index in [0.29, 0.717) is 32.5 Å². The Hall–Kier alpha value is -3.35. The quantitative estimate of drug-likeness (QED) is 0.732. The fraction of sp³-hybridized carbons (Fsp3) is 0.423. The number of amides is 3. The molecule has 2 aromatic rings. The molecular formula is C26H31N3O4. The topological polar surface area (TPSA) is 79.0 Å². The third-order valence-corrected chi connectivity index (χ3v) is 6.58. The lowest BCUT2D eigenvalue weighted by Gasteiger charge is -2.32. The summed E-state index contributed by atoms with van der Waals surface area (Å²) in [6.45, 7) is 3.77. The second-order valence-corrected chi connectivity index (χ2v) is 8.84. The summed E-state index contributed by atoms with van der Waals surface area (Å²) in [4.78, 5) is 41.2. The van der Waals surface area contributed by atoms with Crippen molar-refractivity contribution in [2.45, 2.75) is 44.9 Å². The standard InChI is InChI=1S/C26H31N3O4/c1-19(21-10-6-3-7-11-21)29-17-22(16-24(29)30)25(31)27-23-12-14-28(15-13-23)26(32)33-18-20-8-4-2-5-9-20/h2-11,19,22-23H,12-18H2,1H3,(H,27,31). The van der Waals surface area contributed by atoms with Crippen molar-refractivity contribution < 1.29 is 19.1 Å². The molecule has 7 heteroatoms. The van der Waals surface area contributed by atoms with Gasteiger partial charge in [0.05, 0.1) is 12.0 Å². The Morgan fingerprint density at radius 3 is 2.33 bits per heavy atom. The summed E-state index contributed by atoms with van der Waals surface area (Å²) < 4.78 is 5.40. The largest absolute Gasteiger partial charge is 0.445 e. The molecule has 2 aliphatic rings. The average molecular weight is 450 g/mol. The van der Waals surface area contributed by atoms with Crippen LogP contribution in [0.15, 0.2) is 60.7 Å². The molecule has 2 unspecified atom stereocenters. The zero-order valence-corrected chi connectivity index (χ0v) is 19.0. The lowest BCUT2D eigenvalue weighted by atomic mass is 10.0. The molecule has 174 valence electrons. The van der Waals surface area contributed by atoms with Gasteiger partial charge in [-0.1, -0.05) is 60.7 Å². The number of hydrogen-bond donors (Lipinski definition) is 1. The van der Waals surface area contributed by atoms with Crippen LogP contribution in [0.3, 0.4) is 0 Å². The zero-order valence-electron chi connectivity index (χ0n) is 19.0. The van der Waals surface area contributed by atoms with Crippen molar-refractivity contribution in [1.29, 1.82) is 0 Å². The highest BCUT2D eigenvalue weighted by atomic mass is 16.6. The smallest absolute Gasteiger partial charge is 0.410 e. The van der Waals surface area contributed by atoms with Crippen LogP contribution in [0, 0.1) is 5.92 Å². The molecule has 0 spiro atoms. The van der Waals surface area contributed by atoms with E-state index in [9.17, 15) is 14.4 Å². The Labute approximate surface area is 194 Å². The van der Waals surface area contributed by atoms with Crippen molar-refractivity contribution >= 4 is 17.9 Å². The highest BCUT2D eigenvalue weighted by Crippen LogP contribution is 2.28. The summed E-state index contributed by atoms with van der Waals surface area (Å²) >= 11 is 0. The van der Waals surface area contributed by atoms with Gasteiger partial charge in [0, 0.05) is 32.1 Å². The molecule has 3 amide bonds. The molecule has 0 radical (unpaired) electrons. The number of rotatable bonds is 6. The van der Waals surface area contributed by atoms with Gasteiger partial charge < -0.3 is 19.9 Å². The normalized spacial score (nSPS) is 19.9. The summed E-state index contributed by atoms with van der Waals surface area (Å²) in [7, 11) is 0. The van der Waals surface area contributed by atoms with E-state index < -0.39 is 0 Å². The van der Waals surface area contributed by atoms with Crippen LogP contribution in [-0.2, 0) is 20.9 Å². The van der Waals surface area contributed by atoms with Crippen LogP contribution in [0.4, 0.5) is 4.79 Å². The van der Waals surface area contributed by atoms with Gasteiger partial charge in [-0.05, 0) is 30.9 Å². The number of ether oxygens (including phenoxy) is 1. The molecule has 2 fully saturated rings. The number of piperidine rings is 1. The number of carbonyl (C=O) groups excluding carboxylic acids is 3. The first-order valence-corrected chi connectivity index (χ1v) is 11.6. The summed E-state index contributed by atoms with van der Waals surface area (Å²) in [6.07, 6.45) is 1.28. The van der Waals surface area contributed by atoms with E-state index in [1.54, 1.807) is 9.80 Å². The van der Waals surface area contributed by atoms with E-state index in [1.807, 2.05) is 67.6 Å². The second-order valence-electron chi connectivity index (χ2n) is 8.84. The predicted octanol–water partition coefficient (Wildman–Crippen LogP) is 3.51. The van der Waals surface area contributed by atoms with E-state index in [2.05, 4.69) is 5.32 Å². The summed E-state index contributed by atoms with van der Waals surface area (Å²) in [5.74, 6) is -0.392. The molecule has 33 heavy (non-hydrogen) atoms. The fourth-order valence-corrected chi connectivity index (χ4v) is 4.53. The summed E-state index contributed by atoms with van der Waals surface area (Å²) in [6, 6.07) is 19.4. The monoisotopic (exact) mass is 449 g/mol. The molecule has 2 heterocycles. The van der Waals surface area contributed by atoms with Gasteiger partial charge in [-0.2, -0.15) is 0 Å². The molecule has 4 rings (SSSR count). The van der Waals surface area contributed by atoms with Crippen LogP contribution in [-0.4, -0.2) is 53.4 Å². The van der Waals surface area contributed by atoms with Gasteiger partial charge in [-0.15, -0.1) is 0 Å².